The fourth-order valence-corrected chi connectivity index (χ4v) is 5.00. The molecule has 1 saturated heterocycles. The minimum Gasteiger partial charge on any atom is -0.496 e. The minimum atomic E-state index is -0.486. The molecule has 0 aliphatic carbocycles. The smallest absolute Gasteiger partial charge is 0.122 e. The third-order valence-electron chi connectivity index (χ3n) is 7.29. The zero-order valence-electron chi connectivity index (χ0n) is 23.3. The first-order chi connectivity index (χ1) is 17.5. The number of aryl methyl sites for hydroxylation is 1. The van der Waals surface area contributed by atoms with Crippen molar-refractivity contribution < 1.29 is 9.47 Å². The number of rotatable bonds is 12. The van der Waals surface area contributed by atoms with E-state index < -0.39 is 5.41 Å². The van der Waals surface area contributed by atoms with Crippen molar-refractivity contribution in [3.05, 3.63) is 59.7 Å². The first-order valence-corrected chi connectivity index (χ1v) is 13.7. The van der Waals surface area contributed by atoms with Crippen molar-refractivity contribution in [1.82, 2.24) is 10.2 Å². The van der Waals surface area contributed by atoms with Gasteiger partial charge in [-0.2, -0.15) is 5.26 Å². The molecule has 0 amide bonds. The lowest BCUT2D eigenvalue weighted by atomic mass is 9.69. The van der Waals surface area contributed by atoms with Crippen molar-refractivity contribution >= 4 is 0 Å². The highest BCUT2D eigenvalue weighted by Gasteiger charge is 2.36. The van der Waals surface area contributed by atoms with E-state index in [0.29, 0.717) is 12.6 Å². The van der Waals surface area contributed by atoms with E-state index >= 15 is 0 Å². The number of nitrogens with one attached hydrogen (secondary N) is 1. The summed E-state index contributed by atoms with van der Waals surface area (Å²) in [6.07, 6.45) is 4.20. The van der Waals surface area contributed by atoms with Crippen molar-refractivity contribution in [1.29, 1.82) is 5.26 Å². The fourth-order valence-electron chi connectivity index (χ4n) is 5.00. The van der Waals surface area contributed by atoms with Gasteiger partial charge < -0.3 is 19.7 Å². The maximum Gasteiger partial charge on any atom is 0.122 e. The molecule has 2 aromatic carbocycles. The summed E-state index contributed by atoms with van der Waals surface area (Å²) in [5.74, 6) is 2.03. The van der Waals surface area contributed by atoms with E-state index in [2.05, 4.69) is 48.3 Å². The largest absolute Gasteiger partial charge is 0.496 e. The molecule has 0 saturated carbocycles. The minimum absolute atomic E-state index is 0.234. The van der Waals surface area contributed by atoms with Gasteiger partial charge in [0, 0.05) is 12.6 Å². The normalized spacial score (nSPS) is 15.9. The summed E-state index contributed by atoms with van der Waals surface area (Å²) >= 11 is 0. The Morgan fingerprint density at radius 1 is 1.11 bits per heavy atom. The van der Waals surface area contributed by atoms with Gasteiger partial charge in [0.25, 0.3) is 0 Å². The second-order valence-electron chi connectivity index (χ2n) is 9.76. The van der Waals surface area contributed by atoms with Gasteiger partial charge in [-0.05, 0) is 87.5 Å². The van der Waals surface area contributed by atoms with Crippen LogP contribution in [0.4, 0.5) is 0 Å². The van der Waals surface area contributed by atoms with E-state index in [0.717, 1.165) is 74.5 Å². The predicted molar refractivity (Wildman–Crippen MR) is 150 cm³/mol. The molecule has 0 radical (unpaired) electrons. The van der Waals surface area contributed by atoms with Gasteiger partial charge >= 0.3 is 0 Å². The van der Waals surface area contributed by atoms with Crippen molar-refractivity contribution in [2.75, 3.05) is 39.9 Å². The molecule has 36 heavy (non-hydrogen) atoms. The Morgan fingerprint density at radius 3 is 2.42 bits per heavy atom. The molecule has 3 rings (SSSR count). The molecule has 1 heterocycles. The number of nitrogens with zero attached hydrogens (tertiary/aromatic N) is 2. The molecular formula is C31H47N3O2. The van der Waals surface area contributed by atoms with Gasteiger partial charge in [-0.25, -0.2) is 0 Å². The van der Waals surface area contributed by atoms with Gasteiger partial charge in [0.15, 0.2) is 0 Å². The number of piperidine rings is 1. The van der Waals surface area contributed by atoms with Crippen molar-refractivity contribution in [2.45, 2.75) is 71.8 Å². The lowest BCUT2D eigenvalue weighted by Gasteiger charge is -2.35. The summed E-state index contributed by atoms with van der Waals surface area (Å²) < 4.78 is 11.3. The molecule has 1 N–H and O–H groups in total. The second-order valence-corrected chi connectivity index (χ2v) is 9.76. The van der Waals surface area contributed by atoms with Crippen molar-refractivity contribution in [2.24, 2.45) is 5.92 Å². The number of hydrogen-bond donors (Lipinski definition) is 1. The topological polar surface area (TPSA) is 57.5 Å². The van der Waals surface area contributed by atoms with Crippen LogP contribution in [0.2, 0.25) is 0 Å². The molecule has 0 bridgehead atoms. The zero-order chi connectivity index (χ0) is 26.4. The molecule has 5 nitrogen and oxygen atoms in total. The van der Waals surface area contributed by atoms with Crippen LogP contribution in [0.15, 0.2) is 48.5 Å². The molecule has 198 valence electrons. The first kappa shape index (κ1) is 29.7. The van der Waals surface area contributed by atoms with Gasteiger partial charge in [0.1, 0.15) is 18.1 Å². The summed E-state index contributed by atoms with van der Waals surface area (Å²) in [6.45, 7) is 15.2. The zero-order valence-corrected chi connectivity index (χ0v) is 23.3. The van der Waals surface area contributed by atoms with Crippen LogP contribution in [0, 0.1) is 24.2 Å². The predicted octanol–water partition coefficient (Wildman–Crippen LogP) is 6.36. The fraction of sp³-hybridized carbons (Fsp3) is 0.581. The standard InChI is InChI=1S/C29H41N3O2.C2H6/c1-23(2)29(22-30,25-12-11-24(3)28(21-25)33-4)15-8-17-32-18-13-26(14-19-32)31-16-20-34-27-9-6-5-7-10-27;1-2/h5-7,9-12,21,23,26,31H,8,13-20H2,1-4H3;1-2H3. The number of nitriles is 1. The second kappa shape index (κ2) is 15.5. The third-order valence-corrected chi connectivity index (χ3v) is 7.29. The summed E-state index contributed by atoms with van der Waals surface area (Å²) in [5.41, 5.74) is 1.69. The molecule has 0 spiro atoms. The SMILES string of the molecule is CC.COc1cc(C(C#N)(CCCN2CCC(NCCOc3ccccc3)CC2)C(C)C)ccc1C. The van der Waals surface area contributed by atoms with Crippen LogP contribution in [0.25, 0.3) is 0 Å². The van der Waals surface area contributed by atoms with Crippen LogP contribution >= 0.6 is 0 Å². The number of ether oxygens (including phenoxy) is 2. The van der Waals surface area contributed by atoms with Gasteiger partial charge in [-0.3, -0.25) is 0 Å². The Morgan fingerprint density at radius 2 is 1.81 bits per heavy atom. The number of hydrogen-bond acceptors (Lipinski definition) is 5. The van der Waals surface area contributed by atoms with Gasteiger partial charge in [0.05, 0.1) is 18.6 Å². The Labute approximate surface area is 219 Å². The van der Waals surface area contributed by atoms with E-state index in [9.17, 15) is 5.26 Å². The van der Waals surface area contributed by atoms with Gasteiger partial charge in [0.2, 0.25) is 0 Å². The molecule has 1 fully saturated rings. The number of benzene rings is 2. The lowest BCUT2D eigenvalue weighted by Crippen LogP contribution is -2.44. The van der Waals surface area contributed by atoms with E-state index in [4.69, 9.17) is 9.47 Å². The molecule has 2 aromatic rings. The van der Waals surface area contributed by atoms with Crippen molar-refractivity contribution in [3.8, 4) is 17.6 Å². The number of likely N-dealkylation sites (tertiary alicyclic amines) is 1. The quantitative estimate of drug-likeness (QED) is 0.349. The number of methoxy groups -OCH3 is 1. The highest BCUT2D eigenvalue weighted by Crippen LogP contribution is 2.38. The molecule has 5 heteroatoms. The number of para-hydroxylation sites is 1. The van der Waals surface area contributed by atoms with Gasteiger partial charge in [-0.15, -0.1) is 0 Å². The van der Waals surface area contributed by atoms with Crippen LogP contribution < -0.4 is 14.8 Å². The first-order valence-electron chi connectivity index (χ1n) is 13.7. The molecule has 0 aromatic heterocycles. The average Bonchev–Trinajstić information content (AvgIpc) is 2.92. The monoisotopic (exact) mass is 493 g/mol. The third kappa shape index (κ3) is 8.25. The van der Waals surface area contributed by atoms with E-state index in [1.807, 2.05) is 51.1 Å². The average molecular weight is 494 g/mol. The Balaban J connectivity index is 0.00000222. The van der Waals surface area contributed by atoms with Gasteiger partial charge in [-0.1, -0.05) is 58.0 Å². The molecule has 1 atom stereocenters. The summed E-state index contributed by atoms with van der Waals surface area (Å²) in [7, 11) is 1.70. The van der Waals surface area contributed by atoms with Crippen LogP contribution in [0.5, 0.6) is 11.5 Å². The molecule has 1 aliphatic heterocycles. The summed E-state index contributed by atoms with van der Waals surface area (Å²) in [6, 6.07) is 19.5. The molecule has 1 unspecified atom stereocenters. The van der Waals surface area contributed by atoms with E-state index in [1.54, 1.807) is 7.11 Å². The van der Waals surface area contributed by atoms with Crippen molar-refractivity contribution in [3.63, 3.8) is 0 Å². The van der Waals surface area contributed by atoms with E-state index in [1.165, 1.54) is 0 Å². The summed E-state index contributed by atoms with van der Waals surface area (Å²) in [4.78, 5) is 2.55. The summed E-state index contributed by atoms with van der Waals surface area (Å²) in [5, 5.41) is 13.9. The Bertz CT molecular complexity index is 917. The van der Waals surface area contributed by atoms with Crippen LogP contribution in [-0.4, -0.2) is 50.8 Å². The van der Waals surface area contributed by atoms with Crippen LogP contribution in [0.1, 0.15) is 64.5 Å². The Kier molecular flexibility index (Phi) is 12.8. The molecular weight excluding hydrogens is 446 g/mol. The molecule has 1 aliphatic rings. The maximum atomic E-state index is 10.3. The maximum absolute atomic E-state index is 10.3. The van der Waals surface area contributed by atoms with Crippen LogP contribution in [0.3, 0.4) is 0 Å². The highest BCUT2D eigenvalue weighted by molar-refractivity contribution is 5.43. The van der Waals surface area contributed by atoms with Crippen LogP contribution in [-0.2, 0) is 5.41 Å². The van der Waals surface area contributed by atoms with E-state index in [-0.39, 0.29) is 5.92 Å². The Hall–Kier alpha value is -2.55. The highest BCUT2D eigenvalue weighted by atomic mass is 16.5. The lowest BCUT2D eigenvalue weighted by molar-refractivity contribution is 0.184.